The number of imidazole rings is 1. The zero-order chi connectivity index (χ0) is 13.1. The van der Waals surface area contributed by atoms with Gasteiger partial charge >= 0.3 is 0 Å². The van der Waals surface area contributed by atoms with E-state index >= 15 is 0 Å². The van der Waals surface area contributed by atoms with E-state index < -0.39 is 0 Å². The number of ether oxygens (including phenoxy) is 1. The molecule has 0 saturated carbocycles. The van der Waals surface area contributed by atoms with Crippen LogP contribution in [0.25, 0.3) is 0 Å². The van der Waals surface area contributed by atoms with Crippen LogP contribution in [0.3, 0.4) is 0 Å². The molecule has 0 radical (unpaired) electrons. The summed E-state index contributed by atoms with van der Waals surface area (Å²) in [7, 11) is 0. The van der Waals surface area contributed by atoms with Gasteiger partial charge in [0.1, 0.15) is 18.2 Å². The van der Waals surface area contributed by atoms with Crippen LogP contribution in [0.15, 0.2) is 30.5 Å². The van der Waals surface area contributed by atoms with Gasteiger partial charge in [0.15, 0.2) is 11.5 Å². The lowest BCUT2D eigenvalue weighted by Gasteiger charge is -2.14. The van der Waals surface area contributed by atoms with Gasteiger partial charge in [-0.05, 0) is 26.0 Å². The van der Waals surface area contributed by atoms with Crippen LogP contribution in [-0.2, 0) is 6.61 Å². The number of hydrogen-bond acceptors (Lipinski definition) is 4. The smallest absolute Gasteiger partial charge is 0.161 e. The zero-order valence-electron chi connectivity index (χ0n) is 10.5. The van der Waals surface area contributed by atoms with E-state index in [4.69, 9.17) is 10.5 Å². The summed E-state index contributed by atoms with van der Waals surface area (Å²) < 4.78 is 7.44. The summed E-state index contributed by atoms with van der Waals surface area (Å²) >= 11 is 0. The molecule has 0 aliphatic heterocycles. The molecule has 0 saturated heterocycles. The minimum Gasteiger partial charge on any atom is -0.504 e. The number of benzene rings is 1. The lowest BCUT2D eigenvalue weighted by Crippen LogP contribution is -2.11. The number of phenolic OH excluding ortho intramolecular Hbond substituents is 1. The fraction of sp³-hybridized carbons (Fsp3) is 0.308. The van der Waals surface area contributed by atoms with Crippen molar-refractivity contribution in [2.24, 2.45) is 0 Å². The lowest BCUT2D eigenvalue weighted by atomic mass is 10.3. The van der Waals surface area contributed by atoms with Crippen LogP contribution in [0.1, 0.15) is 25.7 Å². The number of aromatic hydroxyl groups is 1. The maximum atomic E-state index is 9.60. The Morgan fingerprint density at radius 1 is 1.39 bits per heavy atom. The van der Waals surface area contributed by atoms with Crippen molar-refractivity contribution in [2.75, 3.05) is 5.73 Å². The minimum atomic E-state index is 0.119. The molecule has 0 atom stereocenters. The van der Waals surface area contributed by atoms with Crippen molar-refractivity contribution in [1.29, 1.82) is 0 Å². The van der Waals surface area contributed by atoms with E-state index in [1.165, 1.54) is 0 Å². The van der Waals surface area contributed by atoms with Crippen LogP contribution in [0, 0.1) is 0 Å². The van der Waals surface area contributed by atoms with Crippen molar-refractivity contribution < 1.29 is 9.84 Å². The van der Waals surface area contributed by atoms with E-state index in [9.17, 15) is 5.11 Å². The Labute approximate surface area is 106 Å². The first kappa shape index (κ1) is 12.3. The third kappa shape index (κ3) is 2.40. The van der Waals surface area contributed by atoms with Crippen LogP contribution in [-0.4, -0.2) is 14.7 Å². The highest BCUT2D eigenvalue weighted by Gasteiger charge is 2.11. The average Bonchev–Trinajstić information content (AvgIpc) is 2.69. The van der Waals surface area contributed by atoms with Crippen molar-refractivity contribution in [3.05, 3.63) is 36.3 Å². The topological polar surface area (TPSA) is 73.3 Å². The molecule has 5 nitrogen and oxygen atoms in total. The van der Waals surface area contributed by atoms with Crippen LogP contribution in [0.5, 0.6) is 11.5 Å². The number of anilines is 1. The zero-order valence-corrected chi connectivity index (χ0v) is 10.5. The second-order valence-corrected chi connectivity index (χ2v) is 4.32. The fourth-order valence-corrected chi connectivity index (χ4v) is 1.84. The highest BCUT2D eigenvalue weighted by molar-refractivity contribution is 5.38. The molecule has 0 amide bonds. The number of nitrogen functional groups attached to an aromatic ring is 1. The summed E-state index contributed by atoms with van der Waals surface area (Å²) in [5.41, 5.74) is 5.84. The lowest BCUT2D eigenvalue weighted by molar-refractivity contribution is 0.273. The molecule has 18 heavy (non-hydrogen) atoms. The van der Waals surface area contributed by atoms with Gasteiger partial charge in [0, 0.05) is 6.04 Å². The van der Waals surface area contributed by atoms with Crippen molar-refractivity contribution in [2.45, 2.75) is 26.5 Å². The summed E-state index contributed by atoms with van der Waals surface area (Å²) in [5, 5.41) is 9.60. The quantitative estimate of drug-likeness (QED) is 0.869. The largest absolute Gasteiger partial charge is 0.504 e. The van der Waals surface area contributed by atoms with Crippen LogP contribution < -0.4 is 10.5 Å². The SMILES string of the molecule is CC(C)n1c(N)cnc1COc1ccccc1O. The van der Waals surface area contributed by atoms with Crippen LogP contribution in [0.2, 0.25) is 0 Å². The summed E-state index contributed by atoms with van der Waals surface area (Å²) in [6, 6.07) is 7.06. The Morgan fingerprint density at radius 2 is 2.11 bits per heavy atom. The van der Waals surface area contributed by atoms with Gasteiger partial charge in [-0.1, -0.05) is 12.1 Å². The normalized spacial score (nSPS) is 10.8. The maximum absolute atomic E-state index is 9.60. The molecule has 0 fully saturated rings. The van der Waals surface area contributed by atoms with Crippen LogP contribution >= 0.6 is 0 Å². The Hall–Kier alpha value is -2.17. The molecule has 5 heteroatoms. The van der Waals surface area contributed by atoms with Crippen molar-refractivity contribution >= 4 is 5.82 Å². The van der Waals surface area contributed by atoms with Crippen molar-refractivity contribution in [1.82, 2.24) is 9.55 Å². The van der Waals surface area contributed by atoms with Gasteiger partial charge in [-0.2, -0.15) is 0 Å². The number of nitrogens with zero attached hydrogens (tertiary/aromatic N) is 2. The summed E-state index contributed by atoms with van der Waals surface area (Å²) in [5.74, 6) is 1.91. The highest BCUT2D eigenvalue weighted by Crippen LogP contribution is 2.25. The van der Waals surface area contributed by atoms with E-state index in [2.05, 4.69) is 4.98 Å². The molecule has 1 heterocycles. The molecule has 0 spiro atoms. The van der Waals surface area contributed by atoms with Crippen molar-refractivity contribution in [3.63, 3.8) is 0 Å². The minimum absolute atomic E-state index is 0.119. The molecule has 2 aromatic rings. The number of para-hydroxylation sites is 2. The molecule has 3 N–H and O–H groups in total. The Bertz CT molecular complexity index is 535. The van der Waals surface area contributed by atoms with Gasteiger partial charge in [0.05, 0.1) is 6.20 Å². The summed E-state index contributed by atoms with van der Waals surface area (Å²) in [4.78, 5) is 4.21. The first-order chi connectivity index (χ1) is 8.59. The Kier molecular flexibility index (Phi) is 3.41. The number of hydrogen-bond donors (Lipinski definition) is 2. The monoisotopic (exact) mass is 247 g/mol. The summed E-state index contributed by atoms with van der Waals surface area (Å²) in [6.45, 7) is 4.33. The molecule has 96 valence electrons. The molecule has 1 aromatic heterocycles. The van der Waals surface area contributed by atoms with E-state index in [0.717, 1.165) is 5.82 Å². The van der Waals surface area contributed by atoms with E-state index in [0.29, 0.717) is 11.6 Å². The first-order valence-corrected chi connectivity index (χ1v) is 5.82. The molecule has 2 rings (SSSR count). The second kappa shape index (κ2) is 5.00. The van der Waals surface area contributed by atoms with Crippen molar-refractivity contribution in [3.8, 4) is 11.5 Å². The number of aromatic nitrogens is 2. The van der Waals surface area contributed by atoms with Gasteiger partial charge in [-0.15, -0.1) is 0 Å². The molecule has 1 aromatic carbocycles. The maximum Gasteiger partial charge on any atom is 0.161 e. The van der Waals surface area contributed by atoms with Gasteiger partial charge in [0.25, 0.3) is 0 Å². The Morgan fingerprint density at radius 3 is 2.78 bits per heavy atom. The predicted octanol–water partition coefficient (Wildman–Crippen LogP) is 2.33. The van der Waals surface area contributed by atoms with E-state index in [1.807, 2.05) is 18.4 Å². The Balaban J connectivity index is 2.14. The highest BCUT2D eigenvalue weighted by atomic mass is 16.5. The molecular formula is C13H17N3O2. The first-order valence-electron chi connectivity index (χ1n) is 5.82. The number of nitrogens with two attached hydrogens (primary N) is 1. The standard InChI is InChI=1S/C13H17N3O2/c1-9(2)16-12(14)7-15-13(16)8-18-11-6-4-3-5-10(11)17/h3-7,9,17H,8,14H2,1-2H3. The molecule has 0 aliphatic rings. The van der Waals surface area contributed by atoms with Gasteiger partial charge in [-0.3, -0.25) is 0 Å². The van der Waals surface area contributed by atoms with Crippen LogP contribution in [0.4, 0.5) is 5.82 Å². The van der Waals surface area contributed by atoms with Gasteiger partial charge in [0.2, 0.25) is 0 Å². The third-order valence-electron chi connectivity index (χ3n) is 2.64. The number of rotatable bonds is 4. The second-order valence-electron chi connectivity index (χ2n) is 4.32. The third-order valence-corrected chi connectivity index (χ3v) is 2.64. The van der Waals surface area contributed by atoms with E-state index in [-0.39, 0.29) is 18.4 Å². The predicted molar refractivity (Wildman–Crippen MR) is 69.5 cm³/mol. The van der Waals surface area contributed by atoms with Gasteiger partial charge < -0.3 is 20.1 Å². The average molecular weight is 247 g/mol. The molecule has 0 unspecified atom stereocenters. The van der Waals surface area contributed by atoms with Gasteiger partial charge in [-0.25, -0.2) is 4.98 Å². The summed E-state index contributed by atoms with van der Waals surface area (Å²) in [6.07, 6.45) is 1.61. The molecule has 0 aliphatic carbocycles. The molecule has 0 bridgehead atoms. The molecular weight excluding hydrogens is 230 g/mol. The fourth-order valence-electron chi connectivity index (χ4n) is 1.84. The number of phenols is 1. The van der Waals surface area contributed by atoms with E-state index in [1.54, 1.807) is 30.5 Å².